The number of alkyl halides is 4. The molecule has 0 N–H and O–H groups in total. The molecule has 31 nitrogen and oxygen atoms in total. The monoisotopic (exact) mass is 1910 g/mol. The third kappa shape index (κ3) is 19.3. The van der Waals surface area contributed by atoms with Crippen molar-refractivity contribution in [3.63, 3.8) is 0 Å². The van der Waals surface area contributed by atoms with E-state index in [2.05, 4.69) is 85.6 Å². The number of carbonyl (C=O) groups is 4. The van der Waals surface area contributed by atoms with Crippen LogP contribution in [0.15, 0.2) is 220 Å². The normalized spacial score (nSPS) is 11.3. The number of methoxy groups -OCH3 is 1. The molecular weight excluding hydrogens is 1850 g/mol. The van der Waals surface area contributed by atoms with Gasteiger partial charge in [0.2, 0.25) is 0 Å². The number of ketones is 4. The average Bonchev–Trinajstić information content (AvgIpc) is 1.68. The molecule has 16 aromatic heterocycles. The van der Waals surface area contributed by atoms with E-state index in [1.807, 2.05) is 122 Å². The average molecular weight is 1910 g/mol. The summed E-state index contributed by atoms with van der Waals surface area (Å²) in [7, 11) is 8.10. The van der Waals surface area contributed by atoms with Gasteiger partial charge in [0.25, 0.3) is 12.9 Å². The Morgan fingerprint density at radius 2 is 0.881 bits per heavy atom. The smallest absolute Gasteiger partial charge is 0.282 e. The van der Waals surface area contributed by atoms with Gasteiger partial charge in [0.15, 0.2) is 69.0 Å². The van der Waals surface area contributed by atoms with E-state index < -0.39 is 35.9 Å². The zero-order valence-corrected chi connectivity index (χ0v) is 75.6. The van der Waals surface area contributed by atoms with Crippen LogP contribution in [0.4, 0.5) is 26.3 Å². The number of nitrogens with zero attached hydrogens (tertiary/aromatic N) is 26. The number of carbonyl (C=O) groups excluding carboxylic acids is 4. The Kier molecular flexibility index (Phi) is 26.2. The second-order valence-corrected chi connectivity index (χ2v) is 33.8. The number of para-hydroxylation sites is 1. The second kappa shape index (κ2) is 38.9. The van der Waals surface area contributed by atoms with Crippen LogP contribution in [-0.2, 0) is 53.9 Å². The summed E-state index contributed by atoms with van der Waals surface area (Å²) in [6.45, 7) is 3.66. The number of aryl methyl sites for hydroxylation is 6. The fourth-order valence-corrected chi connectivity index (χ4v) is 17.3. The molecule has 0 radical (unpaired) electrons. The van der Waals surface area contributed by atoms with Gasteiger partial charge in [0.1, 0.15) is 87.3 Å². The van der Waals surface area contributed by atoms with E-state index in [0.717, 1.165) is 50.5 Å². The van der Waals surface area contributed by atoms with Crippen LogP contribution in [-0.4, -0.2) is 153 Å². The molecule has 20 aromatic rings. The van der Waals surface area contributed by atoms with Crippen LogP contribution in [0.5, 0.6) is 5.75 Å². The first-order valence-electron chi connectivity index (χ1n) is 40.7. The number of ether oxygens (including phenoxy) is 1. The van der Waals surface area contributed by atoms with Crippen LogP contribution in [0.1, 0.15) is 105 Å². The Bertz CT molecular complexity index is 7980. The molecule has 0 spiro atoms. The Hall–Kier alpha value is -15.9. The SMILES string of the molecule is COc1ccccc1-c1nc2cc(CC(=O)c3c(-c4nc(C(F)F)c(Cl)s4)cnn3C)cc(Cl)n2n1.Cc1ncc(C)c(-c2cnn(C)c2C(=O)Cc2cc3nc(-c4ccccc4)nn3cc2F)n1.Cn1ncc(-c2ccc(C#N)cn2)c1C(=O)Cc1cc2nc(-c3ccccc3)nn2cc1F.Cn1ncc(-c2nc(C(F)F)c(Cl)s2)c1C(=O)Cc1ccn2nc(-c3ccccc3)nc2c1. The number of rotatable bonds is 23. The fourth-order valence-electron chi connectivity index (χ4n) is 14.7. The molecule has 0 aliphatic rings. The summed E-state index contributed by atoms with van der Waals surface area (Å²) < 4.78 is 99.0. The van der Waals surface area contributed by atoms with Gasteiger partial charge in [-0.3, -0.25) is 42.9 Å². The molecule has 0 aliphatic carbocycles. The molecule has 674 valence electrons. The van der Waals surface area contributed by atoms with Gasteiger partial charge in [-0.25, -0.2) is 84.3 Å². The van der Waals surface area contributed by atoms with Gasteiger partial charge in [-0.1, -0.05) is 138 Å². The van der Waals surface area contributed by atoms with Crippen molar-refractivity contribution in [3.8, 4) is 101 Å². The van der Waals surface area contributed by atoms with Crippen molar-refractivity contribution in [3.05, 3.63) is 318 Å². The maximum Gasteiger partial charge on any atom is 0.282 e. The molecule has 0 atom stereocenters. The van der Waals surface area contributed by atoms with E-state index >= 15 is 0 Å². The Labute approximate surface area is 783 Å². The van der Waals surface area contributed by atoms with E-state index in [1.54, 1.807) is 114 Å². The van der Waals surface area contributed by atoms with Gasteiger partial charge < -0.3 is 4.74 Å². The highest BCUT2D eigenvalue weighted by molar-refractivity contribution is 7.19. The lowest BCUT2D eigenvalue weighted by Gasteiger charge is -2.09. The molecule has 42 heteroatoms. The number of thiazole rings is 2. The Morgan fingerprint density at radius 1 is 0.444 bits per heavy atom. The number of nitriles is 1. The molecule has 0 saturated heterocycles. The number of halogens is 9. The first-order valence-corrected chi connectivity index (χ1v) is 43.4. The Morgan fingerprint density at radius 3 is 1.36 bits per heavy atom. The summed E-state index contributed by atoms with van der Waals surface area (Å²) in [6, 6.07) is 51.0. The van der Waals surface area contributed by atoms with Gasteiger partial charge in [-0.05, 0) is 91.2 Å². The minimum Gasteiger partial charge on any atom is -0.496 e. The highest BCUT2D eigenvalue weighted by Gasteiger charge is 2.31. The number of fused-ring (bicyclic) bond motifs is 4. The predicted octanol–water partition coefficient (Wildman–Crippen LogP) is 18.6. The molecule has 16 heterocycles. The third-order valence-corrected chi connectivity index (χ3v) is 24.1. The van der Waals surface area contributed by atoms with Crippen molar-refractivity contribution in [1.29, 1.82) is 5.26 Å². The van der Waals surface area contributed by atoms with E-state index in [4.69, 9.17) is 44.8 Å². The van der Waals surface area contributed by atoms with Gasteiger partial charge in [-0.2, -0.15) is 25.7 Å². The molecule has 0 amide bonds. The molecule has 135 heavy (non-hydrogen) atoms. The Balaban J connectivity index is 0.000000125. The van der Waals surface area contributed by atoms with Crippen LogP contribution in [0.3, 0.4) is 0 Å². The van der Waals surface area contributed by atoms with Crippen LogP contribution >= 0.6 is 57.5 Å². The van der Waals surface area contributed by atoms with E-state index in [-0.39, 0.29) is 95.2 Å². The fraction of sp³-hybridized carbons (Fsp3) is 0.140. The number of benzene rings is 4. The molecule has 0 saturated carbocycles. The van der Waals surface area contributed by atoms with E-state index in [0.29, 0.717) is 119 Å². The number of hydrogen-bond donors (Lipinski definition) is 0. The molecule has 4 aromatic carbocycles. The lowest BCUT2D eigenvalue weighted by atomic mass is 10.0. The maximum absolute atomic E-state index is 14.9. The number of Topliss-reactive ketones (excluding diaryl/α,β-unsaturated/α-hetero) is 4. The lowest BCUT2D eigenvalue weighted by molar-refractivity contribution is 0.0975. The topological polar surface area (TPSA) is 358 Å². The van der Waals surface area contributed by atoms with Crippen LogP contribution in [0.2, 0.25) is 13.8 Å². The van der Waals surface area contributed by atoms with Crippen molar-refractivity contribution in [2.24, 2.45) is 28.2 Å². The quantitative estimate of drug-likeness (QED) is 0.0326. The zero-order valence-electron chi connectivity index (χ0n) is 71.7. The summed E-state index contributed by atoms with van der Waals surface area (Å²) in [5.41, 5.74) is 11.3. The standard InChI is InChI=1S/C24H20FN7O.C24H16FN7O.C23H16Cl2F2N6O2S.C22H15ClF2N6OS/c1-14-11-26-15(2)28-22(14)18-12-27-31(3)23(18)20(33)9-17-10-21-29-24(16-7-5-4-6-8-16)30-32(21)13-19(17)25;1-31-23(18(13-28-31)20-8-7-15(11-26)12-27-20)21(33)9-17-10-22-29-24(16-5-3-2-4-6-16)30-32(22)14-19(17)25;1-32-19(13(10-28-32)23-30-18(21(26)27)20(25)36-23)14(34)7-11-8-16(24)33-17(9-11)29-22(31-33)12-5-3-4-6-15(12)35-2;1-30-18(14(11-26-30)22-28-17(20(24)25)19(23)33-22)15(32)9-12-7-8-31-16(10-12)27-21(29-31)13-5-3-2-4-6-13/h4-8,10-13H,9H2,1-3H3;2-8,10,12-14H,9H2,1H3;3-6,8-10,21H,7H2,1-2H3;2-8,10-11,20H,9H2,1H3. The zero-order chi connectivity index (χ0) is 94.7. The first kappa shape index (κ1) is 91.0. The van der Waals surface area contributed by atoms with Crippen LogP contribution < -0.4 is 4.74 Å². The highest BCUT2D eigenvalue weighted by Crippen LogP contribution is 2.41. The van der Waals surface area contributed by atoms with Crippen LogP contribution in [0, 0.1) is 36.8 Å². The first-order chi connectivity index (χ1) is 65.1. The lowest BCUT2D eigenvalue weighted by Crippen LogP contribution is -2.13. The summed E-state index contributed by atoms with van der Waals surface area (Å²) in [5.74, 6) is 0.956. The highest BCUT2D eigenvalue weighted by atomic mass is 35.5. The van der Waals surface area contributed by atoms with Crippen molar-refractivity contribution in [2.75, 3.05) is 7.11 Å². The number of aromatic nitrogens is 25. The molecule has 0 bridgehead atoms. The minimum absolute atomic E-state index is 0.0413. The van der Waals surface area contributed by atoms with Crippen molar-refractivity contribution in [1.82, 2.24) is 122 Å². The third-order valence-electron chi connectivity index (χ3n) is 21.2. The predicted molar refractivity (Wildman–Crippen MR) is 491 cm³/mol. The minimum atomic E-state index is -2.82. The number of hydrogen-bond acceptors (Lipinski definition) is 25. The molecule has 20 rings (SSSR count). The van der Waals surface area contributed by atoms with E-state index in [1.165, 1.54) is 75.5 Å². The van der Waals surface area contributed by atoms with Crippen molar-refractivity contribution < 1.29 is 50.3 Å². The van der Waals surface area contributed by atoms with Crippen molar-refractivity contribution in [2.45, 2.75) is 52.4 Å². The molecule has 0 aliphatic heterocycles. The number of pyridine rings is 5. The summed E-state index contributed by atoms with van der Waals surface area (Å²) in [6.07, 6.45) is 7.42. The molecule has 0 fully saturated rings. The maximum atomic E-state index is 14.9. The molecule has 0 unspecified atom stereocenters. The summed E-state index contributed by atoms with van der Waals surface area (Å²) in [4.78, 5) is 91.8. The van der Waals surface area contributed by atoms with Crippen LogP contribution in [0.25, 0.3) is 112 Å². The largest absolute Gasteiger partial charge is 0.496 e. The van der Waals surface area contributed by atoms with Gasteiger partial charge in [0.05, 0.1) is 77.9 Å². The van der Waals surface area contributed by atoms with Crippen molar-refractivity contribution >= 4 is 103 Å². The second-order valence-electron chi connectivity index (χ2n) is 30.2. The van der Waals surface area contributed by atoms with Gasteiger partial charge in [-0.15, -0.1) is 43.1 Å². The molecular formula is C93H67Cl3F6N26O5S2. The summed E-state index contributed by atoms with van der Waals surface area (Å²) in [5, 5.41) is 44.0. The van der Waals surface area contributed by atoms with Gasteiger partial charge in [0, 0.05) is 111 Å². The van der Waals surface area contributed by atoms with Gasteiger partial charge >= 0.3 is 0 Å². The van der Waals surface area contributed by atoms with E-state index in [9.17, 15) is 45.5 Å². The summed E-state index contributed by atoms with van der Waals surface area (Å²) >= 11 is 20.1.